The summed E-state index contributed by atoms with van der Waals surface area (Å²) in [5, 5.41) is 4.94. The van der Waals surface area contributed by atoms with Crippen LogP contribution in [-0.2, 0) is 6.42 Å². The zero-order chi connectivity index (χ0) is 16.4. The molecule has 0 spiro atoms. The van der Waals surface area contributed by atoms with Crippen LogP contribution in [0.5, 0.6) is 5.75 Å². The van der Waals surface area contributed by atoms with Gasteiger partial charge in [0.05, 0.1) is 6.61 Å². The molecule has 4 rings (SSSR count). The van der Waals surface area contributed by atoms with Crippen LogP contribution in [0, 0.1) is 0 Å². The summed E-state index contributed by atoms with van der Waals surface area (Å²) < 4.78 is 12.5. The van der Waals surface area contributed by atoms with Crippen molar-refractivity contribution in [2.45, 2.75) is 12.8 Å². The fraction of sp³-hybridized carbons (Fsp3) is 0.176. The lowest BCUT2D eigenvalue weighted by Gasteiger charge is -2.07. The third kappa shape index (κ3) is 2.96. The standard InChI is InChI=1S/C17H14N4O3/c22-16-6-4-13-3-5-14(8-15(13)24-16)23-7-1-2-12-9-18-17-19-11-20-21(17)10-12/h3-6,8-11H,1-2,7H2. The number of hydrogen-bond donors (Lipinski definition) is 0. The number of hydrogen-bond acceptors (Lipinski definition) is 6. The average Bonchev–Trinajstić information content (AvgIpc) is 3.06. The number of fused-ring (bicyclic) bond motifs is 2. The summed E-state index contributed by atoms with van der Waals surface area (Å²) in [6, 6.07) is 8.61. The topological polar surface area (TPSA) is 82.5 Å². The smallest absolute Gasteiger partial charge is 0.336 e. The number of nitrogens with zero attached hydrogens (tertiary/aromatic N) is 4. The van der Waals surface area contributed by atoms with Gasteiger partial charge in [0.15, 0.2) is 0 Å². The van der Waals surface area contributed by atoms with Gasteiger partial charge in [-0.2, -0.15) is 10.1 Å². The third-order valence-electron chi connectivity index (χ3n) is 3.66. The molecule has 0 saturated heterocycles. The molecule has 1 aromatic carbocycles. The lowest BCUT2D eigenvalue weighted by molar-refractivity contribution is 0.311. The second kappa shape index (κ2) is 6.11. The van der Waals surface area contributed by atoms with Crippen molar-refractivity contribution in [1.29, 1.82) is 0 Å². The molecule has 0 fully saturated rings. The van der Waals surface area contributed by atoms with Crippen molar-refractivity contribution >= 4 is 16.7 Å². The molecule has 0 unspecified atom stereocenters. The van der Waals surface area contributed by atoms with Crippen LogP contribution < -0.4 is 10.4 Å². The minimum atomic E-state index is -0.365. The Morgan fingerprint density at radius 2 is 2.08 bits per heavy atom. The van der Waals surface area contributed by atoms with Gasteiger partial charge in [-0.05, 0) is 36.6 Å². The van der Waals surface area contributed by atoms with Gasteiger partial charge in [0.25, 0.3) is 5.78 Å². The molecule has 4 aromatic rings. The zero-order valence-corrected chi connectivity index (χ0v) is 12.8. The minimum absolute atomic E-state index is 0.365. The number of ether oxygens (including phenoxy) is 1. The Kier molecular flexibility index (Phi) is 3.66. The van der Waals surface area contributed by atoms with Crippen LogP contribution in [0.2, 0.25) is 0 Å². The van der Waals surface area contributed by atoms with Crippen molar-refractivity contribution < 1.29 is 9.15 Å². The van der Waals surface area contributed by atoms with E-state index in [1.807, 2.05) is 18.3 Å². The molecule has 0 aliphatic rings. The lowest BCUT2D eigenvalue weighted by Crippen LogP contribution is -2.01. The van der Waals surface area contributed by atoms with E-state index in [4.69, 9.17) is 9.15 Å². The van der Waals surface area contributed by atoms with Crippen LogP contribution in [0.25, 0.3) is 16.7 Å². The fourth-order valence-electron chi connectivity index (χ4n) is 2.48. The summed E-state index contributed by atoms with van der Waals surface area (Å²) in [5.74, 6) is 1.27. The molecular formula is C17H14N4O3. The first kappa shape index (κ1) is 14.4. The molecule has 0 aliphatic carbocycles. The van der Waals surface area contributed by atoms with E-state index in [0.29, 0.717) is 23.7 Å². The first-order chi connectivity index (χ1) is 11.8. The van der Waals surface area contributed by atoms with Gasteiger partial charge in [-0.3, -0.25) is 0 Å². The molecule has 0 amide bonds. The maximum Gasteiger partial charge on any atom is 0.336 e. The summed E-state index contributed by atoms with van der Waals surface area (Å²) in [7, 11) is 0. The summed E-state index contributed by atoms with van der Waals surface area (Å²) in [6.45, 7) is 0.554. The van der Waals surface area contributed by atoms with Gasteiger partial charge in [-0.15, -0.1) is 0 Å². The van der Waals surface area contributed by atoms with Crippen LogP contribution in [0.4, 0.5) is 0 Å². The molecule has 120 valence electrons. The maximum absolute atomic E-state index is 11.3. The van der Waals surface area contributed by atoms with E-state index in [9.17, 15) is 4.79 Å². The summed E-state index contributed by atoms with van der Waals surface area (Å²) in [6.07, 6.45) is 6.85. The highest BCUT2D eigenvalue weighted by Crippen LogP contribution is 2.19. The van der Waals surface area contributed by atoms with Crippen LogP contribution in [-0.4, -0.2) is 26.2 Å². The predicted octanol–water partition coefficient (Wildman–Crippen LogP) is 2.24. The van der Waals surface area contributed by atoms with Gasteiger partial charge in [-0.1, -0.05) is 0 Å². The van der Waals surface area contributed by atoms with Crippen LogP contribution in [0.3, 0.4) is 0 Å². The summed E-state index contributed by atoms with van der Waals surface area (Å²) >= 11 is 0. The summed E-state index contributed by atoms with van der Waals surface area (Å²) in [5.41, 5.74) is 1.23. The Morgan fingerprint density at radius 3 is 3.04 bits per heavy atom. The Bertz CT molecular complexity index is 1050. The first-order valence-corrected chi connectivity index (χ1v) is 7.59. The Morgan fingerprint density at radius 1 is 1.17 bits per heavy atom. The third-order valence-corrected chi connectivity index (χ3v) is 3.66. The first-order valence-electron chi connectivity index (χ1n) is 7.59. The number of aryl methyl sites for hydroxylation is 1. The second-order valence-corrected chi connectivity index (χ2v) is 5.37. The van der Waals surface area contributed by atoms with Crippen molar-refractivity contribution in [3.05, 3.63) is 65.0 Å². The molecule has 3 heterocycles. The Labute approximate surface area is 136 Å². The second-order valence-electron chi connectivity index (χ2n) is 5.37. The molecule has 24 heavy (non-hydrogen) atoms. The molecule has 0 aliphatic heterocycles. The Hall–Kier alpha value is -3.22. The van der Waals surface area contributed by atoms with Crippen LogP contribution in [0.1, 0.15) is 12.0 Å². The zero-order valence-electron chi connectivity index (χ0n) is 12.8. The average molecular weight is 322 g/mol. The van der Waals surface area contributed by atoms with E-state index in [1.54, 1.807) is 22.8 Å². The molecule has 7 nitrogen and oxygen atoms in total. The highest BCUT2D eigenvalue weighted by atomic mass is 16.5. The quantitative estimate of drug-likeness (QED) is 0.414. The lowest BCUT2D eigenvalue weighted by atomic mass is 10.2. The molecule has 0 radical (unpaired) electrons. The minimum Gasteiger partial charge on any atom is -0.493 e. The molecule has 3 aromatic heterocycles. The number of aromatic nitrogens is 4. The van der Waals surface area contributed by atoms with Gasteiger partial charge in [0.1, 0.15) is 17.7 Å². The molecule has 0 saturated carbocycles. The fourth-order valence-corrected chi connectivity index (χ4v) is 2.48. The van der Waals surface area contributed by atoms with Gasteiger partial charge >= 0.3 is 5.63 Å². The van der Waals surface area contributed by atoms with E-state index in [0.717, 1.165) is 23.8 Å². The van der Waals surface area contributed by atoms with Crippen LogP contribution >= 0.6 is 0 Å². The van der Waals surface area contributed by atoms with Crippen molar-refractivity contribution in [2.24, 2.45) is 0 Å². The predicted molar refractivity (Wildman–Crippen MR) is 87.1 cm³/mol. The number of benzene rings is 1. The van der Waals surface area contributed by atoms with E-state index < -0.39 is 0 Å². The Balaban J connectivity index is 1.37. The molecular weight excluding hydrogens is 308 g/mol. The van der Waals surface area contributed by atoms with E-state index in [1.165, 1.54) is 12.4 Å². The molecule has 0 bridgehead atoms. The van der Waals surface area contributed by atoms with Crippen molar-refractivity contribution in [3.8, 4) is 5.75 Å². The van der Waals surface area contributed by atoms with Crippen molar-refractivity contribution in [1.82, 2.24) is 19.6 Å². The van der Waals surface area contributed by atoms with Gasteiger partial charge in [-0.25, -0.2) is 14.3 Å². The van der Waals surface area contributed by atoms with E-state index >= 15 is 0 Å². The monoisotopic (exact) mass is 322 g/mol. The SMILES string of the molecule is O=c1ccc2ccc(OCCCc3cnc4ncnn4c3)cc2o1. The van der Waals surface area contributed by atoms with E-state index in [2.05, 4.69) is 15.1 Å². The normalized spacial score (nSPS) is 11.2. The molecule has 0 N–H and O–H groups in total. The largest absolute Gasteiger partial charge is 0.493 e. The number of rotatable bonds is 5. The molecule has 0 atom stereocenters. The van der Waals surface area contributed by atoms with Crippen molar-refractivity contribution in [2.75, 3.05) is 6.61 Å². The highest BCUT2D eigenvalue weighted by molar-refractivity contribution is 5.77. The van der Waals surface area contributed by atoms with Gasteiger partial charge in [0, 0.05) is 29.9 Å². The van der Waals surface area contributed by atoms with Crippen molar-refractivity contribution in [3.63, 3.8) is 0 Å². The maximum atomic E-state index is 11.3. The van der Waals surface area contributed by atoms with E-state index in [-0.39, 0.29) is 5.63 Å². The van der Waals surface area contributed by atoms with Crippen LogP contribution in [0.15, 0.2) is 58.3 Å². The van der Waals surface area contributed by atoms with Gasteiger partial charge in [0.2, 0.25) is 0 Å². The highest BCUT2D eigenvalue weighted by Gasteiger charge is 2.02. The van der Waals surface area contributed by atoms with Gasteiger partial charge < -0.3 is 9.15 Å². The molecule has 7 heteroatoms. The summed E-state index contributed by atoms with van der Waals surface area (Å²) in [4.78, 5) is 19.5.